The van der Waals surface area contributed by atoms with E-state index >= 15 is 0 Å². The minimum atomic E-state index is 0.395. The molecular weight excluding hydrogens is 334 g/mol. The van der Waals surface area contributed by atoms with Crippen LogP contribution in [0.1, 0.15) is 25.4 Å². The third kappa shape index (κ3) is 4.79. The Morgan fingerprint density at radius 1 is 1.19 bits per heavy atom. The van der Waals surface area contributed by atoms with Crippen molar-refractivity contribution in [1.82, 2.24) is 5.32 Å². The van der Waals surface area contributed by atoms with Crippen LogP contribution in [0.3, 0.4) is 0 Å². The van der Waals surface area contributed by atoms with Gasteiger partial charge in [-0.3, -0.25) is 0 Å². The van der Waals surface area contributed by atoms with Crippen LogP contribution in [0.5, 0.6) is 11.5 Å². The lowest BCUT2D eigenvalue weighted by Crippen LogP contribution is -2.21. The van der Waals surface area contributed by atoms with Gasteiger partial charge in [-0.15, -0.1) is 0 Å². The Morgan fingerprint density at radius 2 is 1.95 bits per heavy atom. The largest absolute Gasteiger partial charge is 0.497 e. The van der Waals surface area contributed by atoms with Gasteiger partial charge in [0, 0.05) is 6.04 Å². The maximum absolute atomic E-state index is 5.74. The summed E-state index contributed by atoms with van der Waals surface area (Å²) < 4.78 is 17.5. The Labute approximate surface area is 133 Å². The normalized spacial score (nSPS) is 10.9. The number of nitrogens with one attached hydrogen (secondary N) is 1. The molecule has 1 aromatic carbocycles. The summed E-state index contributed by atoms with van der Waals surface area (Å²) in [7, 11) is 1.64. The summed E-state index contributed by atoms with van der Waals surface area (Å²) in [6.45, 7) is 5.33. The van der Waals surface area contributed by atoms with Crippen LogP contribution in [0.2, 0.25) is 0 Å². The third-order valence-electron chi connectivity index (χ3n) is 2.91. The van der Waals surface area contributed by atoms with Crippen molar-refractivity contribution in [2.45, 2.75) is 33.0 Å². The van der Waals surface area contributed by atoms with E-state index in [1.807, 2.05) is 30.3 Å². The average Bonchev–Trinajstić information content (AvgIpc) is 2.91. The molecule has 0 saturated carbocycles. The minimum Gasteiger partial charge on any atom is -0.497 e. The predicted octanol–water partition coefficient (Wildman–Crippen LogP) is 4.13. The first-order valence-corrected chi connectivity index (χ1v) is 7.65. The molecule has 1 aromatic heterocycles. The van der Waals surface area contributed by atoms with E-state index < -0.39 is 0 Å². The Bertz CT molecular complexity index is 581. The fourth-order valence-corrected chi connectivity index (χ4v) is 2.25. The van der Waals surface area contributed by atoms with Crippen LogP contribution >= 0.6 is 15.9 Å². The van der Waals surface area contributed by atoms with Gasteiger partial charge in [0.15, 0.2) is 0 Å². The zero-order valence-corrected chi connectivity index (χ0v) is 14.1. The van der Waals surface area contributed by atoms with E-state index in [0.29, 0.717) is 12.6 Å². The fourth-order valence-electron chi connectivity index (χ4n) is 1.77. The van der Waals surface area contributed by atoms with Crippen molar-refractivity contribution >= 4 is 15.9 Å². The van der Waals surface area contributed by atoms with E-state index in [1.165, 1.54) is 0 Å². The number of hydrogen-bond acceptors (Lipinski definition) is 4. The number of furan rings is 1. The molecule has 0 radical (unpaired) electrons. The summed E-state index contributed by atoms with van der Waals surface area (Å²) in [5, 5.41) is 3.31. The summed E-state index contributed by atoms with van der Waals surface area (Å²) in [5.74, 6) is 3.26. The second kappa shape index (κ2) is 7.52. The molecule has 21 heavy (non-hydrogen) atoms. The van der Waals surface area contributed by atoms with Crippen LogP contribution in [-0.2, 0) is 13.2 Å². The SMILES string of the molecule is COc1ccc(OCc2ccc(CNC(C)C)o2)c(Br)c1. The van der Waals surface area contributed by atoms with E-state index in [4.69, 9.17) is 13.9 Å². The first kappa shape index (κ1) is 15.9. The van der Waals surface area contributed by atoms with E-state index in [-0.39, 0.29) is 0 Å². The Balaban J connectivity index is 1.91. The standard InChI is InChI=1S/C16H20BrNO3/c1-11(2)18-9-13-4-5-14(21-13)10-20-16-7-6-12(19-3)8-15(16)17/h4-8,11,18H,9-10H2,1-3H3. The number of benzene rings is 1. The highest BCUT2D eigenvalue weighted by Crippen LogP contribution is 2.29. The molecule has 5 heteroatoms. The Kier molecular flexibility index (Phi) is 5.70. The molecule has 0 aliphatic rings. The topological polar surface area (TPSA) is 43.6 Å². The lowest BCUT2D eigenvalue weighted by atomic mass is 10.3. The van der Waals surface area contributed by atoms with Gasteiger partial charge in [0.05, 0.1) is 18.1 Å². The quantitative estimate of drug-likeness (QED) is 0.812. The molecule has 0 amide bonds. The highest BCUT2D eigenvalue weighted by molar-refractivity contribution is 9.10. The predicted molar refractivity (Wildman–Crippen MR) is 85.7 cm³/mol. The molecule has 1 heterocycles. The first-order valence-electron chi connectivity index (χ1n) is 6.86. The summed E-state index contributed by atoms with van der Waals surface area (Å²) >= 11 is 3.46. The summed E-state index contributed by atoms with van der Waals surface area (Å²) in [4.78, 5) is 0. The van der Waals surface area contributed by atoms with Gasteiger partial charge in [0.25, 0.3) is 0 Å². The molecule has 0 saturated heterocycles. The zero-order chi connectivity index (χ0) is 15.2. The Hall–Kier alpha value is -1.46. The van der Waals surface area contributed by atoms with Crippen molar-refractivity contribution in [3.05, 3.63) is 46.3 Å². The summed E-state index contributed by atoms with van der Waals surface area (Å²) in [5.41, 5.74) is 0. The molecule has 0 aliphatic carbocycles. The van der Waals surface area contributed by atoms with E-state index in [0.717, 1.165) is 34.0 Å². The van der Waals surface area contributed by atoms with E-state index in [9.17, 15) is 0 Å². The number of ether oxygens (including phenoxy) is 2. The van der Waals surface area contributed by atoms with Crippen molar-refractivity contribution in [3.63, 3.8) is 0 Å². The van der Waals surface area contributed by atoms with Crippen LogP contribution in [-0.4, -0.2) is 13.2 Å². The van der Waals surface area contributed by atoms with Gasteiger partial charge < -0.3 is 19.2 Å². The molecule has 1 N–H and O–H groups in total. The molecule has 2 aromatic rings. The molecule has 0 unspecified atom stereocenters. The van der Waals surface area contributed by atoms with Crippen molar-refractivity contribution in [2.75, 3.05) is 7.11 Å². The first-order chi connectivity index (χ1) is 10.1. The monoisotopic (exact) mass is 353 g/mol. The number of rotatable bonds is 7. The van der Waals surface area contributed by atoms with Gasteiger partial charge in [-0.1, -0.05) is 13.8 Å². The van der Waals surface area contributed by atoms with Gasteiger partial charge in [-0.05, 0) is 46.3 Å². The van der Waals surface area contributed by atoms with Crippen LogP contribution in [0, 0.1) is 0 Å². The van der Waals surface area contributed by atoms with Crippen molar-refractivity contribution in [3.8, 4) is 11.5 Å². The second-order valence-electron chi connectivity index (χ2n) is 4.99. The maximum Gasteiger partial charge on any atom is 0.146 e. The van der Waals surface area contributed by atoms with Crippen LogP contribution < -0.4 is 14.8 Å². The molecule has 114 valence electrons. The van der Waals surface area contributed by atoms with Gasteiger partial charge in [-0.25, -0.2) is 0 Å². The third-order valence-corrected chi connectivity index (χ3v) is 3.53. The smallest absolute Gasteiger partial charge is 0.146 e. The number of halogens is 1. The van der Waals surface area contributed by atoms with Crippen molar-refractivity contribution in [2.24, 2.45) is 0 Å². The van der Waals surface area contributed by atoms with Gasteiger partial charge >= 0.3 is 0 Å². The van der Waals surface area contributed by atoms with Crippen molar-refractivity contribution in [1.29, 1.82) is 0 Å². The minimum absolute atomic E-state index is 0.395. The molecule has 0 aliphatic heterocycles. The maximum atomic E-state index is 5.74. The molecule has 0 atom stereocenters. The number of methoxy groups -OCH3 is 1. The lowest BCUT2D eigenvalue weighted by Gasteiger charge is -2.08. The van der Waals surface area contributed by atoms with Gasteiger partial charge in [0.2, 0.25) is 0 Å². The Morgan fingerprint density at radius 3 is 2.62 bits per heavy atom. The average molecular weight is 354 g/mol. The van der Waals surface area contributed by atoms with E-state index in [2.05, 4.69) is 35.1 Å². The van der Waals surface area contributed by atoms with Crippen LogP contribution in [0.15, 0.2) is 39.2 Å². The molecule has 0 fully saturated rings. The van der Waals surface area contributed by atoms with Crippen LogP contribution in [0.25, 0.3) is 0 Å². The molecule has 0 spiro atoms. The highest BCUT2D eigenvalue weighted by Gasteiger charge is 2.06. The summed E-state index contributed by atoms with van der Waals surface area (Å²) in [6.07, 6.45) is 0. The summed E-state index contributed by atoms with van der Waals surface area (Å²) in [6, 6.07) is 9.94. The van der Waals surface area contributed by atoms with E-state index in [1.54, 1.807) is 7.11 Å². The highest BCUT2D eigenvalue weighted by atomic mass is 79.9. The van der Waals surface area contributed by atoms with Gasteiger partial charge in [0.1, 0.15) is 29.6 Å². The zero-order valence-electron chi connectivity index (χ0n) is 12.5. The van der Waals surface area contributed by atoms with Gasteiger partial charge in [-0.2, -0.15) is 0 Å². The molecular formula is C16H20BrNO3. The number of hydrogen-bond donors (Lipinski definition) is 1. The lowest BCUT2D eigenvalue weighted by molar-refractivity contribution is 0.263. The molecule has 0 bridgehead atoms. The van der Waals surface area contributed by atoms with Crippen LogP contribution in [0.4, 0.5) is 0 Å². The fraction of sp³-hybridized carbons (Fsp3) is 0.375. The molecule has 4 nitrogen and oxygen atoms in total. The second-order valence-corrected chi connectivity index (χ2v) is 5.84. The molecule has 2 rings (SSSR count). The van der Waals surface area contributed by atoms with Crippen molar-refractivity contribution < 1.29 is 13.9 Å².